The van der Waals surface area contributed by atoms with Crippen LogP contribution in [0.5, 0.6) is 0 Å². The number of hydrogen-bond acceptors (Lipinski definition) is 4. The SMILES string of the molecule is CCC(CNC(=NC)NCCCOCCOC)N1CCCC1. The summed E-state index contributed by atoms with van der Waals surface area (Å²) in [5.74, 6) is 0.884. The molecule has 1 aliphatic rings. The monoisotopic (exact) mass is 314 g/mol. The Morgan fingerprint density at radius 3 is 2.59 bits per heavy atom. The van der Waals surface area contributed by atoms with E-state index in [1.165, 1.54) is 32.4 Å². The minimum absolute atomic E-state index is 0.610. The maximum atomic E-state index is 5.44. The molecule has 1 fully saturated rings. The van der Waals surface area contributed by atoms with Gasteiger partial charge in [-0.1, -0.05) is 6.92 Å². The van der Waals surface area contributed by atoms with Gasteiger partial charge in [-0.3, -0.25) is 9.89 Å². The Labute approximate surface area is 135 Å². The summed E-state index contributed by atoms with van der Waals surface area (Å²) in [7, 11) is 3.51. The van der Waals surface area contributed by atoms with Crippen LogP contribution in [-0.4, -0.2) is 77.1 Å². The minimum Gasteiger partial charge on any atom is -0.382 e. The average molecular weight is 314 g/mol. The summed E-state index contributed by atoms with van der Waals surface area (Å²) >= 11 is 0. The summed E-state index contributed by atoms with van der Waals surface area (Å²) in [5.41, 5.74) is 0. The van der Waals surface area contributed by atoms with Crippen molar-refractivity contribution in [3.8, 4) is 0 Å². The largest absolute Gasteiger partial charge is 0.382 e. The molecule has 130 valence electrons. The van der Waals surface area contributed by atoms with E-state index in [9.17, 15) is 0 Å². The van der Waals surface area contributed by atoms with Gasteiger partial charge < -0.3 is 20.1 Å². The van der Waals surface area contributed by atoms with E-state index in [1.807, 2.05) is 7.05 Å². The number of guanidine groups is 1. The first-order valence-corrected chi connectivity index (χ1v) is 8.57. The van der Waals surface area contributed by atoms with Crippen LogP contribution in [0.25, 0.3) is 0 Å². The third-order valence-electron chi connectivity index (χ3n) is 4.05. The maximum absolute atomic E-state index is 5.44. The van der Waals surface area contributed by atoms with Crippen LogP contribution in [0.4, 0.5) is 0 Å². The first-order chi connectivity index (χ1) is 10.8. The Hall–Kier alpha value is -0.850. The summed E-state index contributed by atoms with van der Waals surface area (Å²) in [6, 6.07) is 0.610. The number of nitrogens with one attached hydrogen (secondary N) is 2. The van der Waals surface area contributed by atoms with Crippen LogP contribution in [0, 0.1) is 0 Å². The first-order valence-electron chi connectivity index (χ1n) is 8.57. The van der Waals surface area contributed by atoms with Crippen LogP contribution in [0.2, 0.25) is 0 Å². The van der Waals surface area contributed by atoms with Crippen LogP contribution in [0.1, 0.15) is 32.6 Å². The van der Waals surface area contributed by atoms with E-state index in [4.69, 9.17) is 9.47 Å². The number of aliphatic imine (C=N–C) groups is 1. The van der Waals surface area contributed by atoms with Gasteiger partial charge in [0.2, 0.25) is 0 Å². The van der Waals surface area contributed by atoms with Gasteiger partial charge in [0, 0.05) is 39.9 Å². The van der Waals surface area contributed by atoms with Crippen LogP contribution < -0.4 is 10.6 Å². The number of nitrogens with zero attached hydrogens (tertiary/aromatic N) is 2. The van der Waals surface area contributed by atoms with Crippen molar-refractivity contribution in [1.29, 1.82) is 0 Å². The summed E-state index contributed by atoms with van der Waals surface area (Å²) < 4.78 is 10.4. The van der Waals surface area contributed by atoms with Crippen molar-refractivity contribution in [2.45, 2.75) is 38.6 Å². The minimum atomic E-state index is 0.610. The fourth-order valence-corrected chi connectivity index (χ4v) is 2.70. The molecule has 6 nitrogen and oxygen atoms in total. The second-order valence-electron chi connectivity index (χ2n) is 5.64. The lowest BCUT2D eigenvalue weighted by molar-refractivity contribution is 0.0698. The third kappa shape index (κ3) is 7.96. The quantitative estimate of drug-likeness (QED) is 0.339. The van der Waals surface area contributed by atoms with Gasteiger partial charge in [0.15, 0.2) is 5.96 Å². The zero-order chi connectivity index (χ0) is 16.0. The fourth-order valence-electron chi connectivity index (χ4n) is 2.70. The van der Waals surface area contributed by atoms with E-state index in [0.717, 1.165) is 32.1 Å². The number of rotatable bonds is 11. The average Bonchev–Trinajstić information content (AvgIpc) is 3.07. The standard InChI is InChI=1S/C16H34N4O2/c1-4-15(20-9-5-6-10-20)14-19-16(17-2)18-8-7-11-22-13-12-21-3/h15H,4-14H2,1-3H3,(H2,17,18,19). The molecule has 1 unspecified atom stereocenters. The molecule has 0 saturated carbocycles. The number of likely N-dealkylation sites (tertiary alicyclic amines) is 1. The molecule has 1 rings (SSSR count). The topological polar surface area (TPSA) is 58.1 Å². The Balaban J connectivity index is 2.10. The molecule has 2 N–H and O–H groups in total. The Morgan fingerprint density at radius 1 is 1.18 bits per heavy atom. The van der Waals surface area contributed by atoms with Crippen LogP contribution in [0.3, 0.4) is 0 Å². The van der Waals surface area contributed by atoms with Crippen LogP contribution >= 0.6 is 0 Å². The molecule has 1 saturated heterocycles. The Morgan fingerprint density at radius 2 is 1.95 bits per heavy atom. The zero-order valence-corrected chi connectivity index (χ0v) is 14.6. The summed E-state index contributed by atoms with van der Waals surface area (Å²) in [6.45, 7) is 8.64. The van der Waals surface area contributed by atoms with Gasteiger partial charge in [-0.25, -0.2) is 0 Å². The molecule has 0 aromatic rings. The molecule has 0 spiro atoms. The number of hydrogen-bond donors (Lipinski definition) is 2. The van der Waals surface area contributed by atoms with E-state index in [0.29, 0.717) is 19.3 Å². The van der Waals surface area contributed by atoms with Gasteiger partial charge in [-0.05, 0) is 38.8 Å². The second kappa shape index (κ2) is 12.7. The molecule has 0 bridgehead atoms. The molecule has 1 heterocycles. The lowest BCUT2D eigenvalue weighted by Crippen LogP contribution is -2.46. The maximum Gasteiger partial charge on any atom is 0.191 e. The van der Waals surface area contributed by atoms with Gasteiger partial charge in [0.1, 0.15) is 0 Å². The van der Waals surface area contributed by atoms with E-state index in [-0.39, 0.29) is 0 Å². The van der Waals surface area contributed by atoms with Crippen molar-refractivity contribution in [2.24, 2.45) is 4.99 Å². The van der Waals surface area contributed by atoms with Gasteiger partial charge in [-0.15, -0.1) is 0 Å². The molecular formula is C16H34N4O2. The molecule has 0 aromatic heterocycles. The smallest absolute Gasteiger partial charge is 0.191 e. The van der Waals surface area contributed by atoms with Gasteiger partial charge in [0.05, 0.1) is 13.2 Å². The van der Waals surface area contributed by atoms with Crippen molar-refractivity contribution in [2.75, 3.05) is 60.2 Å². The molecule has 0 aliphatic carbocycles. The molecule has 1 atom stereocenters. The number of methoxy groups -OCH3 is 1. The first kappa shape index (κ1) is 19.2. The van der Waals surface area contributed by atoms with E-state index < -0.39 is 0 Å². The highest BCUT2D eigenvalue weighted by Gasteiger charge is 2.20. The molecule has 0 aromatic carbocycles. The van der Waals surface area contributed by atoms with Gasteiger partial charge >= 0.3 is 0 Å². The van der Waals surface area contributed by atoms with E-state index in [1.54, 1.807) is 7.11 Å². The predicted molar refractivity (Wildman–Crippen MR) is 91.6 cm³/mol. The molecule has 6 heteroatoms. The molecule has 22 heavy (non-hydrogen) atoms. The fraction of sp³-hybridized carbons (Fsp3) is 0.938. The van der Waals surface area contributed by atoms with Crippen molar-refractivity contribution >= 4 is 5.96 Å². The van der Waals surface area contributed by atoms with Crippen molar-refractivity contribution < 1.29 is 9.47 Å². The lowest BCUT2D eigenvalue weighted by atomic mass is 10.2. The second-order valence-corrected chi connectivity index (χ2v) is 5.64. The summed E-state index contributed by atoms with van der Waals surface area (Å²) in [4.78, 5) is 6.87. The van der Waals surface area contributed by atoms with Crippen molar-refractivity contribution in [3.63, 3.8) is 0 Å². The molecular weight excluding hydrogens is 280 g/mol. The van der Waals surface area contributed by atoms with Gasteiger partial charge in [0.25, 0.3) is 0 Å². The third-order valence-corrected chi connectivity index (χ3v) is 4.05. The molecule has 0 radical (unpaired) electrons. The summed E-state index contributed by atoms with van der Waals surface area (Å²) in [5, 5.41) is 6.78. The Kier molecular flexibility index (Phi) is 11.1. The van der Waals surface area contributed by atoms with E-state index in [2.05, 4.69) is 27.4 Å². The highest BCUT2D eigenvalue weighted by Crippen LogP contribution is 2.13. The van der Waals surface area contributed by atoms with Crippen LogP contribution in [-0.2, 0) is 9.47 Å². The molecule has 0 amide bonds. The van der Waals surface area contributed by atoms with E-state index >= 15 is 0 Å². The highest BCUT2D eigenvalue weighted by atomic mass is 16.5. The van der Waals surface area contributed by atoms with Gasteiger partial charge in [-0.2, -0.15) is 0 Å². The lowest BCUT2D eigenvalue weighted by Gasteiger charge is -2.27. The van der Waals surface area contributed by atoms with Crippen molar-refractivity contribution in [3.05, 3.63) is 0 Å². The van der Waals surface area contributed by atoms with Crippen molar-refractivity contribution in [1.82, 2.24) is 15.5 Å². The highest BCUT2D eigenvalue weighted by molar-refractivity contribution is 5.79. The molecule has 1 aliphatic heterocycles. The zero-order valence-electron chi connectivity index (χ0n) is 14.6. The Bertz CT molecular complexity index is 294. The predicted octanol–water partition coefficient (Wildman–Crippen LogP) is 1.08. The number of ether oxygens (including phenoxy) is 2. The van der Waals surface area contributed by atoms with Crippen LogP contribution in [0.15, 0.2) is 4.99 Å². The summed E-state index contributed by atoms with van der Waals surface area (Å²) in [6.07, 6.45) is 4.82. The normalized spacial score (nSPS) is 17.7.